The quantitative estimate of drug-likeness (QED) is 0.381. The number of rotatable bonds is 5. The van der Waals surface area contributed by atoms with Crippen molar-refractivity contribution >= 4 is 29.9 Å². The van der Waals surface area contributed by atoms with Gasteiger partial charge in [0.25, 0.3) is 0 Å². The molecule has 0 aromatic carbocycles. The Kier molecular flexibility index (Phi) is 10.3. The van der Waals surface area contributed by atoms with Gasteiger partial charge in [-0.3, -0.25) is 9.89 Å². The molecule has 2 rings (SSSR count). The highest BCUT2D eigenvalue weighted by Crippen LogP contribution is 2.13. The fraction of sp³-hybridized carbons (Fsp3) is 0.933. The predicted molar refractivity (Wildman–Crippen MR) is 102 cm³/mol. The maximum absolute atomic E-state index is 5.36. The lowest BCUT2D eigenvalue weighted by molar-refractivity contribution is 0.0389. The minimum Gasteiger partial charge on any atom is -0.379 e. The van der Waals surface area contributed by atoms with Crippen molar-refractivity contribution in [1.29, 1.82) is 0 Å². The van der Waals surface area contributed by atoms with E-state index in [9.17, 15) is 0 Å². The van der Waals surface area contributed by atoms with E-state index in [0.717, 1.165) is 57.8 Å². The summed E-state index contributed by atoms with van der Waals surface area (Å²) in [6.07, 6.45) is 2.63. The summed E-state index contributed by atoms with van der Waals surface area (Å²) >= 11 is 0. The van der Waals surface area contributed by atoms with Gasteiger partial charge in [0.2, 0.25) is 0 Å². The molecule has 0 bridgehead atoms. The van der Waals surface area contributed by atoms with E-state index in [2.05, 4.69) is 32.5 Å². The third-order valence-electron chi connectivity index (χ3n) is 4.33. The largest absolute Gasteiger partial charge is 0.379 e. The number of aliphatic imine (C=N–C) groups is 1. The number of ether oxygens (including phenoxy) is 1. The fourth-order valence-electron chi connectivity index (χ4n) is 3.06. The Labute approximate surface area is 152 Å². The van der Waals surface area contributed by atoms with Crippen molar-refractivity contribution in [2.45, 2.75) is 12.8 Å². The molecule has 7 heteroatoms. The molecule has 0 aromatic rings. The van der Waals surface area contributed by atoms with E-state index >= 15 is 0 Å². The average Bonchev–Trinajstić information content (AvgIpc) is 2.52. The van der Waals surface area contributed by atoms with Gasteiger partial charge in [-0.05, 0) is 32.4 Å². The molecular weight excluding hydrogens is 393 g/mol. The standard InChI is InChI=1S/C15H31N5O.HI/c1-16-15(17-5-7-20-8-10-21-11-9-20)18-12-14-4-3-6-19(2)13-14;/h14H,3-13H2,1-2H3,(H2,16,17,18);1H. The number of halogens is 1. The van der Waals surface area contributed by atoms with Crippen LogP contribution in [0.4, 0.5) is 0 Å². The topological polar surface area (TPSA) is 52.1 Å². The summed E-state index contributed by atoms with van der Waals surface area (Å²) in [6.45, 7) is 9.25. The maximum atomic E-state index is 5.36. The minimum atomic E-state index is 0. The summed E-state index contributed by atoms with van der Waals surface area (Å²) in [5.41, 5.74) is 0. The predicted octanol–water partition coefficient (Wildman–Crippen LogP) is 0.443. The van der Waals surface area contributed by atoms with Crippen molar-refractivity contribution in [3.63, 3.8) is 0 Å². The van der Waals surface area contributed by atoms with E-state index in [-0.39, 0.29) is 24.0 Å². The summed E-state index contributed by atoms with van der Waals surface area (Å²) in [5, 5.41) is 6.88. The van der Waals surface area contributed by atoms with Crippen LogP contribution in [0.5, 0.6) is 0 Å². The number of nitrogens with zero attached hydrogens (tertiary/aromatic N) is 3. The Hall–Kier alpha value is -0.120. The van der Waals surface area contributed by atoms with Crippen LogP contribution in [0.25, 0.3) is 0 Å². The highest BCUT2D eigenvalue weighted by molar-refractivity contribution is 14.0. The molecule has 1 atom stereocenters. The van der Waals surface area contributed by atoms with Crippen LogP contribution in [0.3, 0.4) is 0 Å². The molecule has 2 aliphatic rings. The minimum absolute atomic E-state index is 0. The van der Waals surface area contributed by atoms with E-state index in [4.69, 9.17) is 4.74 Å². The second-order valence-corrected chi connectivity index (χ2v) is 6.10. The van der Waals surface area contributed by atoms with Crippen LogP contribution in [0.1, 0.15) is 12.8 Å². The molecule has 0 aromatic heterocycles. The van der Waals surface area contributed by atoms with Crippen LogP contribution in [-0.4, -0.2) is 88.9 Å². The van der Waals surface area contributed by atoms with Gasteiger partial charge in [-0.2, -0.15) is 0 Å². The van der Waals surface area contributed by atoms with E-state index < -0.39 is 0 Å². The Bertz CT molecular complexity index is 323. The molecule has 2 N–H and O–H groups in total. The highest BCUT2D eigenvalue weighted by atomic mass is 127. The maximum Gasteiger partial charge on any atom is 0.191 e. The Balaban J connectivity index is 0.00000242. The highest BCUT2D eigenvalue weighted by Gasteiger charge is 2.17. The fourth-order valence-corrected chi connectivity index (χ4v) is 3.06. The molecule has 2 saturated heterocycles. The van der Waals surface area contributed by atoms with Crippen LogP contribution in [-0.2, 0) is 4.74 Å². The van der Waals surface area contributed by atoms with Gasteiger partial charge in [-0.25, -0.2) is 0 Å². The third kappa shape index (κ3) is 7.43. The van der Waals surface area contributed by atoms with Crippen LogP contribution in [0.15, 0.2) is 4.99 Å². The zero-order valence-electron chi connectivity index (χ0n) is 14.0. The lowest BCUT2D eigenvalue weighted by Gasteiger charge is -2.30. The van der Waals surface area contributed by atoms with Crippen molar-refractivity contribution in [2.75, 3.05) is 73.1 Å². The van der Waals surface area contributed by atoms with E-state index in [1.54, 1.807) is 0 Å². The van der Waals surface area contributed by atoms with E-state index in [0.29, 0.717) is 0 Å². The SMILES string of the molecule is CN=C(NCCN1CCOCC1)NCC1CCCN(C)C1.I. The van der Waals surface area contributed by atoms with Gasteiger partial charge in [-0.15, -0.1) is 24.0 Å². The van der Waals surface area contributed by atoms with E-state index in [1.165, 1.54) is 25.9 Å². The molecule has 0 radical (unpaired) electrons. The molecule has 22 heavy (non-hydrogen) atoms. The molecule has 2 aliphatic heterocycles. The van der Waals surface area contributed by atoms with Gasteiger partial charge in [0.15, 0.2) is 5.96 Å². The lowest BCUT2D eigenvalue weighted by atomic mass is 9.99. The summed E-state index contributed by atoms with van der Waals surface area (Å²) in [5.74, 6) is 1.66. The number of hydrogen-bond donors (Lipinski definition) is 2. The molecular formula is C15H32IN5O. The Morgan fingerprint density at radius 3 is 2.68 bits per heavy atom. The summed E-state index contributed by atoms with van der Waals surface area (Å²) in [6, 6.07) is 0. The molecule has 2 heterocycles. The first-order chi connectivity index (χ1) is 10.3. The Morgan fingerprint density at radius 2 is 2.00 bits per heavy atom. The first-order valence-corrected chi connectivity index (χ1v) is 8.21. The van der Waals surface area contributed by atoms with Gasteiger partial charge < -0.3 is 20.3 Å². The summed E-state index contributed by atoms with van der Waals surface area (Å²) in [7, 11) is 4.05. The molecule has 6 nitrogen and oxygen atoms in total. The smallest absolute Gasteiger partial charge is 0.191 e. The molecule has 130 valence electrons. The summed E-state index contributed by atoms with van der Waals surface area (Å²) in [4.78, 5) is 9.16. The first kappa shape index (κ1) is 19.9. The number of guanidine groups is 1. The van der Waals surface area contributed by atoms with Crippen LogP contribution >= 0.6 is 24.0 Å². The number of piperidine rings is 1. The number of morpholine rings is 1. The first-order valence-electron chi connectivity index (χ1n) is 8.21. The van der Waals surface area contributed by atoms with Crippen molar-refractivity contribution in [2.24, 2.45) is 10.9 Å². The van der Waals surface area contributed by atoms with Gasteiger partial charge in [0, 0.05) is 46.3 Å². The average molecular weight is 425 g/mol. The second-order valence-electron chi connectivity index (χ2n) is 6.10. The van der Waals surface area contributed by atoms with Crippen LogP contribution < -0.4 is 10.6 Å². The van der Waals surface area contributed by atoms with Gasteiger partial charge in [0.05, 0.1) is 13.2 Å². The van der Waals surface area contributed by atoms with Crippen molar-refractivity contribution in [1.82, 2.24) is 20.4 Å². The molecule has 0 saturated carbocycles. The van der Waals surface area contributed by atoms with Crippen LogP contribution in [0.2, 0.25) is 0 Å². The van der Waals surface area contributed by atoms with Crippen molar-refractivity contribution in [3.8, 4) is 0 Å². The zero-order chi connectivity index (χ0) is 14.9. The molecule has 0 amide bonds. The molecule has 2 fully saturated rings. The molecule has 0 aliphatic carbocycles. The molecule has 0 spiro atoms. The van der Waals surface area contributed by atoms with Crippen molar-refractivity contribution in [3.05, 3.63) is 0 Å². The third-order valence-corrected chi connectivity index (χ3v) is 4.33. The normalized spacial score (nSPS) is 24.6. The zero-order valence-corrected chi connectivity index (χ0v) is 16.3. The van der Waals surface area contributed by atoms with Crippen molar-refractivity contribution < 1.29 is 4.74 Å². The van der Waals surface area contributed by atoms with Gasteiger partial charge in [-0.1, -0.05) is 0 Å². The van der Waals surface area contributed by atoms with Gasteiger partial charge in [0.1, 0.15) is 0 Å². The number of hydrogen-bond acceptors (Lipinski definition) is 4. The number of likely N-dealkylation sites (tertiary alicyclic amines) is 1. The second kappa shape index (κ2) is 11.4. The van der Waals surface area contributed by atoms with Gasteiger partial charge >= 0.3 is 0 Å². The monoisotopic (exact) mass is 425 g/mol. The van der Waals surface area contributed by atoms with E-state index in [1.807, 2.05) is 7.05 Å². The summed E-state index contributed by atoms with van der Waals surface area (Å²) < 4.78 is 5.36. The van der Waals surface area contributed by atoms with Crippen LogP contribution in [0, 0.1) is 5.92 Å². The lowest BCUT2D eigenvalue weighted by Crippen LogP contribution is -2.46. The Morgan fingerprint density at radius 1 is 1.23 bits per heavy atom. The number of nitrogens with one attached hydrogen (secondary N) is 2. The molecule has 1 unspecified atom stereocenters.